The van der Waals surface area contributed by atoms with Crippen molar-refractivity contribution in [1.82, 2.24) is 0 Å². The molecule has 1 aliphatic heterocycles. The number of amides is 1. The summed E-state index contributed by atoms with van der Waals surface area (Å²) in [6, 6.07) is 6.35. The molecule has 0 aliphatic carbocycles. The lowest BCUT2D eigenvalue weighted by Gasteiger charge is -2.04. The summed E-state index contributed by atoms with van der Waals surface area (Å²) in [7, 11) is 0. The second-order valence-electron chi connectivity index (χ2n) is 4.57. The molecule has 0 saturated heterocycles. The maximum Gasteiger partial charge on any atom is 0.228 e. The smallest absolute Gasteiger partial charge is 0.228 e. The molecule has 0 fully saturated rings. The normalized spacial score (nSPS) is 13.6. The lowest BCUT2D eigenvalue weighted by Crippen LogP contribution is -2.03. The van der Waals surface area contributed by atoms with Crippen LogP contribution in [-0.4, -0.2) is 11.2 Å². The van der Waals surface area contributed by atoms with Gasteiger partial charge in [-0.15, -0.1) is 0 Å². The van der Waals surface area contributed by atoms with Crippen LogP contribution in [0.15, 0.2) is 18.2 Å². The Kier molecular flexibility index (Phi) is 4.60. The summed E-state index contributed by atoms with van der Waals surface area (Å²) in [6.07, 6.45) is 6.78. The largest absolute Gasteiger partial charge is 0.326 e. The van der Waals surface area contributed by atoms with Crippen LogP contribution in [0, 0.1) is 0 Å². The average Bonchev–Trinajstić information content (AvgIpc) is 2.68. The van der Waals surface area contributed by atoms with E-state index >= 15 is 0 Å². The average molecular weight is 296 g/mol. The Labute approximate surface area is 111 Å². The van der Waals surface area contributed by atoms with Crippen LogP contribution in [0.1, 0.15) is 36.8 Å². The molecule has 0 spiro atoms. The first-order valence-corrected chi connectivity index (χ1v) is 7.39. The fraction of sp³-hybridized carbons (Fsp3) is 0.500. The Morgan fingerprint density at radius 1 is 1.18 bits per heavy atom. The van der Waals surface area contributed by atoms with Crippen molar-refractivity contribution in [2.45, 2.75) is 38.5 Å². The van der Waals surface area contributed by atoms with Gasteiger partial charge in [0.25, 0.3) is 0 Å². The van der Waals surface area contributed by atoms with Gasteiger partial charge in [0.05, 0.1) is 6.42 Å². The van der Waals surface area contributed by atoms with Gasteiger partial charge in [0.2, 0.25) is 5.91 Å². The number of benzene rings is 1. The minimum absolute atomic E-state index is 0.120. The topological polar surface area (TPSA) is 29.1 Å². The van der Waals surface area contributed by atoms with Gasteiger partial charge in [0.1, 0.15) is 0 Å². The Morgan fingerprint density at radius 2 is 2.00 bits per heavy atom. The van der Waals surface area contributed by atoms with E-state index in [1.807, 2.05) is 6.07 Å². The lowest BCUT2D eigenvalue weighted by atomic mass is 10.0. The van der Waals surface area contributed by atoms with Crippen LogP contribution in [0.5, 0.6) is 0 Å². The van der Waals surface area contributed by atoms with E-state index in [9.17, 15) is 4.79 Å². The van der Waals surface area contributed by atoms with E-state index in [2.05, 4.69) is 33.4 Å². The third kappa shape index (κ3) is 3.56. The zero-order valence-corrected chi connectivity index (χ0v) is 11.6. The Morgan fingerprint density at radius 3 is 2.82 bits per heavy atom. The van der Waals surface area contributed by atoms with Crippen molar-refractivity contribution in [3.63, 3.8) is 0 Å². The first-order chi connectivity index (χ1) is 8.29. The number of aryl methyl sites for hydroxylation is 1. The van der Waals surface area contributed by atoms with E-state index in [0.29, 0.717) is 6.42 Å². The van der Waals surface area contributed by atoms with Gasteiger partial charge in [-0.2, -0.15) is 0 Å². The highest BCUT2D eigenvalue weighted by Gasteiger charge is 2.16. The van der Waals surface area contributed by atoms with Gasteiger partial charge in [-0.1, -0.05) is 40.9 Å². The van der Waals surface area contributed by atoms with Crippen LogP contribution in [0.2, 0.25) is 0 Å². The van der Waals surface area contributed by atoms with Gasteiger partial charge in [0.15, 0.2) is 0 Å². The molecule has 0 radical (unpaired) electrons. The molecule has 92 valence electrons. The Balaban J connectivity index is 1.82. The molecule has 1 aliphatic rings. The molecule has 2 rings (SSSR count). The van der Waals surface area contributed by atoms with Gasteiger partial charge in [0, 0.05) is 11.0 Å². The molecule has 1 heterocycles. The molecular formula is C14H18BrNO. The van der Waals surface area contributed by atoms with Crippen molar-refractivity contribution in [1.29, 1.82) is 0 Å². The summed E-state index contributed by atoms with van der Waals surface area (Å²) in [6.45, 7) is 0. The molecule has 1 amide bonds. The number of carbonyl (C=O) groups excluding carboxylic acids is 1. The predicted octanol–water partition coefficient (Wildman–Crippen LogP) is 3.68. The highest BCUT2D eigenvalue weighted by Crippen LogP contribution is 2.24. The van der Waals surface area contributed by atoms with Crippen LogP contribution in [0.25, 0.3) is 0 Å². The number of halogens is 1. The third-order valence-electron chi connectivity index (χ3n) is 3.14. The second kappa shape index (κ2) is 6.20. The monoisotopic (exact) mass is 295 g/mol. The van der Waals surface area contributed by atoms with Crippen LogP contribution >= 0.6 is 15.9 Å². The molecule has 2 nitrogen and oxygen atoms in total. The van der Waals surface area contributed by atoms with E-state index in [0.717, 1.165) is 23.0 Å². The Hall–Kier alpha value is -0.830. The van der Waals surface area contributed by atoms with E-state index in [1.165, 1.54) is 31.2 Å². The number of fused-ring (bicyclic) bond motifs is 1. The van der Waals surface area contributed by atoms with Crippen molar-refractivity contribution in [3.8, 4) is 0 Å². The molecule has 0 unspecified atom stereocenters. The van der Waals surface area contributed by atoms with Gasteiger partial charge in [-0.05, 0) is 36.5 Å². The standard InChI is InChI=1S/C14H18BrNO/c15-8-4-2-1-3-5-11-6-7-13-12(9-11)10-14(17)16-13/h6-7,9H,1-5,8,10H2,(H,16,17). The number of anilines is 1. The molecule has 0 bridgehead atoms. The highest BCUT2D eigenvalue weighted by molar-refractivity contribution is 9.09. The summed E-state index contributed by atoms with van der Waals surface area (Å²) >= 11 is 3.45. The minimum Gasteiger partial charge on any atom is -0.326 e. The van der Waals surface area contributed by atoms with E-state index in [1.54, 1.807) is 0 Å². The summed E-state index contributed by atoms with van der Waals surface area (Å²) < 4.78 is 0. The van der Waals surface area contributed by atoms with Crippen molar-refractivity contribution < 1.29 is 4.79 Å². The second-order valence-corrected chi connectivity index (χ2v) is 5.36. The van der Waals surface area contributed by atoms with E-state index in [-0.39, 0.29) is 5.91 Å². The van der Waals surface area contributed by atoms with Crippen molar-refractivity contribution >= 4 is 27.5 Å². The maximum absolute atomic E-state index is 11.2. The minimum atomic E-state index is 0.120. The summed E-state index contributed by atoms with van der Waals surface area (Å²) in [5, 5.41) is 3.98. The molecule has 1 N–H and O–H groups in total. The number of hydrogen-bond acceptors (Lipinski definition) is 1. The van der Waals surface area contributed by atoms with Crippen molar-refractivity contribution in [3.05, 3.63) is 29.3 Å². The number of hydrogen-bond donors (Lipinski definition) is 1. The van der Waals surface area contributed by atoms with Crippen LogP contribution < -0.4 is 5.32 Å². The SMILES string of the molecule is O=C1Cc2cc(CCCCCCBr)ccc2N1. The predicted molar refractivity (Wildman–Crippen MR) is 74.7 cm³/mol. The molecule has 3 heteroatoms. The van der Waals surface area contributed by atoms with Gasteiger partial charge in [-0.3, -0.25) is 4.79 Å². The van der Waals surface area contributed by atoms with Crippen LogP contribution in [-0.2, 0) is 17.6 Å². The van der Waals surface area contributed by atoms with E-state index in [4.69, 9.17) is 0 Å². The molecule has 0 aromatic heterocycles. The number of alkyl halides is 1. The van der Waals surface area contributed by atoms with Gasteiger partial charge < -0.3 is 5.32 Å². The quantitative estimate of drug-likeness (QED) is 0.629. The highest BCUT2D eigenvalue weighted by atomic mass is 79.9. The zero-order valence-electron chi connectivity index (χ0n) is 9.97. The third-order valence-corrected chi connectivity index (χ3v) is 3.70. The first kappa shape index (κ1) is 12.6. The van der Waals surface area contributed by atoms with Crippen molar-refractivity contribution in [2.24, 2.45) is 0 Å². The zero-order chi connectivity index (χ0) is 12.1. The first-order valence-electron chi connectivity index (χ1n) is 6.27. The van der Waals surface area contributed by atoms with Crippen LogP contribution in [0.4, 0.5) is 5.69 Å². The lowest BCUT2D eigenvalue weighted by molar-refractivity contribution is -0.115. The fourth-order valence-corrected chi connectivity index (χ4v) is 2.61. The molecule has 1 aromatic carbocycles. The molecular weight excluding hydrogens is 278 g/mol. The molecule has 0 saturated carbocycles. The number of rotatable bonds is 6. The summed E-state index contributed by atoms with van der Waals surface area (Å²) in [5.41, 5.74) is 3.52. The number of carbonyl (C=O) groups is 1. The Bertz CT molecular complexity index is 403. The fourth-order valence-electron chi connectivity index (χ4n) is 2.22. The van der Waals surface area contributed by atoms with Gasteiger partial charge >= 0.3 is 0 Å². The summed E-state index contributed by atoms with van der Waals surface area (Å²) in [5.74, 6) is 0.120. The van der Waals surface area contributed by atoms with Gasteiger partial charge in [-0.25, -0.2) is 0 Å². The molecule has 1 aromatic rings. The number of nitrogens with one attached hydrogen (secondary N) is 1. The van der Waals surface area contributed by atoms with E-state index < -0.39 is 0 Å². The number of unbranched alkanes of at least 4 members (excludes halogenated alkanes) is 3. The molecule has 0 atom stereocenters. The van der Waals surface area contributed by atoms with Crippen molar-refractivity contribution in [2.75, 3.05) is 10.6 Å². The maximum atomic E-state index is 11.2. The molecule has 17 heavy (non-hydrogen) atoms. The summed E-state index contributed by atoms with van der Waals surface area (Å²) in [4.78, 5) is 11.2. The van der Waals surface area contributed by atoms with Crippen LogP contribution in [0.3, 0.4) is 0 Å².